The smallest absolute Gasteiger partial charge is 0.225 e. The molecule has 1 saturated heterocycles. The highest BCUT2D eigenvalue weighted by atomic mass is 16.5. The molecular formula is C25H35N6O2+. The molecule has 2 heterocycles. The summed E-state index contributed by atoms with van der Waals surface area (Å²) in [4.78, 5) is 26.1. The first-order valence-corrected chi connectivity index (χ1v) is 12.1. The number of carbonyl (C=O) groups is 1. The van der Waals surface area contributed by atoms with Crippen LogP contribution in [-0.2, 0) is 11.3 Å². The topological polar surface area (TPSA) is 96.2 Å². The molecule has 0 unspecified atom stereocenters. The predicted molar refractivity (Wildman–Crippen MR) is 129 cm³/mol. The Labute approximate surface area is 195 Å². The van der Waals surface area contributed by atoms with Crippen molar-refractivity contribution >= 4 is 23.8 Å². The Morgan fingerprint density at radius 2 is 1.97 bits per heavy atom. The van der Waals surface area contributed by atoms with Gasteiger partial charge in [0.2, 0.25) is 5.91 Å². The molecule has 2 aliphatic rings. The zero-order chi connectivity index (χ0) is 23.0. The summed E-state index contributed by atoms with van der Waals surface area (Å²) in [5.74, 6) is 2.91. The molecule has 1 amide bonds. The number of carbonyl (C=O) groups excluding carboxylic acids is 1. The van der Waals surface area contributed by atoms with Gasteiger partial charge in [-0.3, -0.25) is 10.2 Å². The van der Waals surface area contributed by atoms with Gasteiger partial charge < -0.3 is 19.9 Å². The third-order valence-electron chi connectivity index (χ3n) is 6.54. The Bertz CT molecular complexity index is 952. The third-order valence-corrected chi connectivity index (χ3v) is 6.54. The van der Waals surface area contributed by atoms with Crippen LogP contribution in [0.5, 0.6) is 5.75 Å². The van der Waals surface area contributed by atoms with Gasteiger partial charge in [-0.1, -0.05) is 31.4 Å². The predicted octanol–water partition coefficient (Wildman–Crippen LogP) is 1.89. The van der Waals surface area contributed by atoms with E-state index in [0.717, 1.165) is 61.7 Å². The molecule has 3 N–H and O–H groups in total. The lowest BCUT2D eigenvalue weighted by Gasteiger charge is -2.38. The highest BCUT2D eigenvalue weighted by Gasteiger charge is 2.29. The van der Waals surface area contributed by atoms with Crippen LogP contribution >= 0.6 is 0 Å². The van der Waals surface area contributed by atoms with Crippen LogP contribution in [0.1, 0.15) is 50.2 Å². The minimum atomic E-state index is 0.217. The van der Waals surface area contributed by atoms with Crippen LogP contribution in [-0.4, -0.2) is 59.8 Å². The van der Waals surface area contributed by atoms with E-state index in [0.29, 0.717) is 24.9 Å². The van der Waals surface area contributed by atoms with Gasteiger partial charge in [0.25, 0.3) is 0 Å². The van der Waals surface area contributed by atoms with E-state index in [1.165, 1.54) is 19.3 Å². The number of amides is 1. The van der Waals surface area contributed by atoms with Crippen molar-refractivity contribution in [1.29, 1.82) is 0 Å². The van der Waals surface area contributed by atoms with E-state index in [4.69, 9.17) is 10.1 Å². The number of anilines is 2. The molecule has 1 saturated carbocycles. The summed E-state index contributed by atoms with van der Waals surface area (Å²) in [6, 6.07) is 8.00. The lowest BCUT2D eigenvalue weighted by atomic mass is 9.88. The van der Waals surface area contributed by atoms with Crippen molar-refractivity contribution in [2.45, 2.75) is 45.6 Å². The van der Waals surface area contributed by atoms with Crippen LogP contribution in [0, 0.1) is 5.92 Å². The zero-order valence-electron chi connectivity index (χ0n) is 19.5. The molecule has 1 aromatic heterocycles. The van der Waals surface area contributed by atoms with Crippen molar-refractivity contribution in [2.24, 2.45) is 5.92 Å². The fourth-order valence-electron chi connectivity index (χ4n) is 4.78. The maximum absolute atomic E-state index is 12.9. The molecule has 4 rings (SSSR count). The average Bonchev–Trinajstić information content (AvgIpc) is 2.88. The zero-order valence-corrected chi connectivity index (χ0v) is 19.5. The second-order valence-electron chi connectivity index (χ2n) is 8.71. The van der Waals surface area contributed by atoms with Crippen LogP contribution in [0.2, 0.25) is 0 Å². The van der Waals surface area contributed by atoms with Gasteiger partial charge >= 0.3 is 0 Å². The fourth-order valence-corrected chi connectivity index (χ4v) is 4.78. The lowest BCUT2D eigenvalue weighted by Crippen LogP contribution is -2.51. The molecule has 0 spiro atoms. The van der Waals surface area contributed by atoms with Crippen LogP contribution in [0.25, 0.3) is 0 Å². The molecule has 1 aromatic carbocycles. The maximum Gasteiger partial charge on any atom is 0.225 e. The number of aromatic nitrogens is 2. The van der Waals surface area contributed by atoms with Gasteiger partial charge in [0.15, 0.2) is 6.21 Å². The number of ether oxygens (including phenoxy) is 1. The van der Waals surface area contributed by atoms with Gasteiger partial charge in [0.05, 0.1) is 6.61 Å². The second kappa shape index (κ2) is 11.1. The van der Waals surface area contributed by atoms with Gasteiger partial charge in [-0.25, -0.2) is 9.97 Å². The van der Waals surface area contributed by atoms with Gasteiger partial charge in [-0.2, -0.15) is 0 Å². The van der Waals surface area contributed by atoms with Crippen molar-refractivity contribution in [3.8, 4) is 5.75 Å². The normalized spacial score (nSPS) is 17.0. The van der Waals surface area contributed by atoms with Crippen LogP contribution in [0.15, 0.2) is 30.6 Å². The van der Waals surface area contributed by atoms with Crippen molar-refractivity contribution in [1.82, 2.24) is 14.9 Å². The van der Waals surface area contributed by atoms with E-state index >= 15 is 0 Å². The average molecular weight is 452 g/mol. The Balaban J connectivity index is 1.40. The number of piperazine rings is 1. The van der Waals surface area contributed by atoms with E-state index in [9.17, 15) is 4.79 Å². The Kier molecular flexibility index (Phi) is 7.75. The van der Waals surface area contributed by atoms with Crippen LogP contribution in [0.4, 0.5) is 11.6 Å². The summed E-state index contributed by atoms with van der Waals surface area (Å²) in [7, 11) is 0. The summed E-state index contributed by atoms with van der Waals surface area (Å²) >= 11 is 0. The molecular weight excluding hydrogens is 416 g/mol. The first-order chi connectivity index (χ1) is 16.2. The Morgan fingerprint density at radius 1 is 1.18 bits per heavy atom. The number of benzene rings is 1. The molecule has 0 radical (unpaired) electrons. The molecule has 1 aliphatic heterocycles. The third kappa shape index (κ3) is 5.61. The minimum Gasteiger partial charge on any atom is -0.494 e. The first-order valence-electron chi connectivity index (χ1n) is 12.1. The van der Waals surface area contributed by atoms with Gasteiger partial charge in [0, 0.05) is 38.6 Å². The molecule has 33 heavy (non-hydrogen) atoms. The molecule has 0 bridgehead atoms. The standard InChI is InChI=1S/C25H34N6O2/c1-2-33-21-10-6-7-19(15-21)17-27-23-22(16-26)24(29-18-28-23)30-11-13-31(14-12-30)25(32)20-8-4-3-5-9-20/h6-7,10,15-16,18,20,26H,2-5,8-9,11-14,17H2,1H3,(H,27,28,29)/p+1. The quantitative estimate of drug-likeness (QED) is 0.595. The van der Waals surface area contributed by atoms with E-state index in [1.54, 1.807) is 12.5 Å². The Morgan fingerprint density at radius 3 is 2.70 bits per heavy atom. The second-order valence-corrected chi connectivity index (χ2v) is 8.71. The lowest BCUT2D eigenvalue weighted by molar-refractivity contribution is -0.136. The summed E-state index contributed by atoms with van der Waals surface area (Å²) in [6.45, 7) is 6.13. The molecule has 8 heteroatoms. The molecule has 0 atom stereocenters. The number of nitrogens with one attached hydrogen (secondary N) is 1. The van der Waals surface area contributed by atoms with E-state index in [2.05, 4.69) is 20.2 Å². The van der Waals surface area contributed by atoms with Crippen LogP contribution < -0.4 is 20.4 Å². The van der Waals surface area contributed by atoms with Crippen molar-refractivity contribution in [3.05, 3.63) is 41.7 Å². The molecule has 1 aliphatic carbocycles. The van der Waals surface area contributed by atoms with Crippen LogP contribution in [0.3, 0.4) is 0 Å². The van der Waals surface area contributed by atoms with E-state index < -0.39 is 0 Å². The van der Waals surface area contributed by atoms with E-state index in [-0.39, 0.29) is 5.92 Å². The van der Waals surface area contributed by atoms with Gasteiger partial charge in [0.1, 0.15) is 29.3 Å². The highest BCUT2D eigenvalue weighted by Crippen LogP contribution is 2.27. The number of rotatable bonds is 8. The summed E-state index contributed by atoms with van der Waals surface area (Å²) in [5, 5.41) is 9.40. The molecule has 176 valence electrons. The summed E-state index contributed by atoms with van der Waals surface area (Å²) < 4.78 is 5.59. The minimum absolute atomic E-state index is 0.217. The monoisotopic (exact) mass is 451 g/mol. The molecule has 2 fully saturated rings. The number of hydrogen-bond donors (Lipinski definition) is 2. The van der Waals surface area contributed by atoms with Crippen molar-refractivity contribution in [2.75, 3.05) is 43.0 Å². The van der Waals surface area contributed by atoms with Crippen molar-refractivity contribution in [3.63, 3.8) is 0 Å². The molecule has 8 nitrogen and oxygen atoms in total. The molecule has 2 aromatic rings. The van der Waals surface area contributed by atoms with Gasteiger partial charge in [-0.05, 0) is 37.5 Å². The van der Waals surface area contributed by atoms with E-state index in [1.807, 2.05) is 36.1 Å². The maximum atomic E-state index is 12.9. The number of nitrogens with zero attached hydrogens (tertiary/aromatic N) is 4. The number of nitrogens with two attached hydrogens (primary N) is 1. The largest absolute Gasteiger partial charge is 0.494 e. The fraction of sp³-hybridized carbons (Fsp3) is 0.520. The number of hydrogen-bond acceptors (Lipinski definition) is 6. The van der Waals surface area contributed by atoms with Crippen molar-refractivity contribution < 1.29 is 14.9 Å². The highest BCUT2D eigenvalue weighted by molar-refractivity contribution is 5.89. The Hall–Kier alpha value is -3.16. The SMILES string of the molecule is CCOc1cccc(CNc2ncnc(N3CCN(C(=O)C4CCCCC4)CC3)c2C=[NH2+])c1. The first kappa shape index (κ1) is 23.0. The summed E-state index contributed by atoms with van der Waals surface area (Å²) in [5.41, 5.74) is 1.88. The van der Waals surface area contributed by atoms with Gasteiger partial charge in [-0.15, -0.1) is 0 Å². The summed E-state index contributed by atoms with van der Waals surface area (Å²) in [6.07, 6.45) is 8.84.